The van der Waals surface area contributed by atoms with Crippen LogP contribution >= 0.6 is 0 Å². The van der Waals surface area contributed by atoms with Crippen LogP contribution in [0.25, 0.3) is 16.6 Å². The van der Waals surface area contributed by atoms with Gasteiger partial charge in [0, 0.05) is 25.5 Å². The Morgan fingerprint density at radius 3 is 2.60 bits per heavy atom. The highest BCUT2D eigenvalue weighted by Crippen LogP contribution is 2.30. The average Bonchev–Trinajstić information content (AvgIpc) is 3.07. The van der Waals surface area contributed by atoms with E-state index in [0.29, 0.717) is 41.7 Å². The molecular weight excluding hydrogens is 385 g/mol. The van der Waals surface area contributed by atoms with Crippen LogP contribution in [0.15, 0.2) is 36.7 Å². The molecule has 0 saturated heterocycles. The molecule has 154 valence electrons. The number of anilines is 1. The predicted molar refractivity (Wildman–Crippen MR) is 111 cm³/mol. The average molecular weight is 407 g/mol. The Morgan fingerprint density at radius 1 is 1.13 bits per heavy atom. The number of hydrogen-bond acceptors (Lipinski definition) is 7. The van der Waals surface area contributed by atoms with Crippen LogP contribution in [0.2, 0.25) is 0 Å². The molecule has 0 saturated carbocycles. The second-order valence-electron chi connectivity index (χ2n) is 6.90. The summed E-state index contributed by atoms with van der Waals surface area (Å²) in [5.74, 6) is 1.31. The standard InChI is InChI=1S/C21H22FN7O/c1-5-30-15-7-8-17(16(22)11-15)29-14(3)19-13(2)25-26-21(20(19)27-29)28(4)12-18-23-9-6-10-24-18/h6-11H,5,12H2,1-4H3. The van der Waals surface area contributed by atoms with E-state index in [9.17, 15) is 4.39 Å². The van der Waals surface area contributed by atoms with E-state index in [1.54, 1.807) is 35.3 Å². The molecule has 0 atom stereocenters. The minimum absolute atomic E-state index is 0.339. The van der Waals surface area contributed by atoms with Gasteiger partial charge >= 0.3 is 0 Å². The van der Waals surface area contributed by atoms with Crippen molar-refractivity contribution in [3.63, 3.8) is 0 Å². The number of ether oxygens (including phenoxy) is 1. The molecule has 0 bridgehead atoms. The fourth-order valence-corrected chi connectivity index (χ4v) is 3.42. The Morgan fingerprint density at radius 2 is 1.90 bits per heavy atom. The first kappa shape index (κ1) is 19.7. The van der Waals surface area contributed by atoms with E-state index in [-0.39, 0.29) is 0 Å². The Balaban J connectivity index is 1.80. The molecule has 0 aliphatic heterocycles. The maximum atomic E-state index is 14.8. The summed E-state index contributed by atoms with van der Waals surface area (Å²) >= 11 is 0. The zero-order valence-electron chi connectivity index (χ0n) is 17.3. The molecule has 0 fully saturated rings. The van der Waals surface area contributed by atoms with Gasteiger partial charge in [-0.25, -0.2) is 19.0 Å². The topological polar surface area (TPSA) is 81.9 Å². The van der Waals surface area contributed by atoms with Crippen LogP contribution < -0.4 is 9.64 Å². The SMILES string of the molecule is CCOc1ccc(-n2nc3c(N(C)Cc4ncccn4)nnc(C)c3c2C)c(F)c1. The van der Waals surface area contributed by atoms with E-state index in [1.165, 1.54) is 6.07 Å². The van der Waals surface area contributed by atoms with E-state index < -0.39 is 5.82 Å². The molecule has 0 radical (unpaired) electrons. The van der Waals surface area contributed by atoms with Crippen LogP contribution in [-0.2, 0) is 6.54 Å². The highest BCUT2D eigenvalue weighted by Gasteiger charge is 2.21. The highest BCUT2D eigenvalue weighted by molar-refractivity contribution is 5.92. The zero-order chi connectivity index (χ0) is 21.3. The molecule has 3 aromatic heterocycles. The summed E-state index contributed by atoms with van der Waals surface area (Å²) in [6, 6.07) is 6.53. The summed E-state index contributed by atoms with van der Waals surface area (Å²) in [6.07, 6.45) is 3.39. The molecule has 0 spiro atoms. The first-order valence-corrected chi connectivity index (χ1v) is 9.62. The maximum absolute atomic E-state index is 14.8. The Bertz CT molecular complexity index is 1190. The van der Waals surface area contributed by atoms with Crippen molar-refractivity contribution >= 4 is 16.7 Å². The van der Waals surface area contributed by atoms with Gasteiger partial charge in [0.05, 0.1) is 29.9 Å². The Kier molecular flexibility index (Phi) is 5.26. The summed E-state index contributed by atoms with van der Waals surface area (Å²) in [6.45, 7) is 6.53. The van der Waals surface area contributed by atoms with Crippen LogP contribution in [0, 0.1) is 19.7 Å². The zero-order valence-corrected chi connectivity index (χ0v) is 17.3. The first-order chi connectivity index (χ1) is 14.5. The fourth-order valence-electron chi connectivity index (χ4n) is 3.42. The molecule has 4 aromatic rings. The lowest BCUT2D eigenvalue weighted by atomic mass is 10.2. The van der Waals surface area contributed by atoms with Crippen molar-refractivity contribution in [2.24, 2.45) is 0 Å². The molecule has 0 amide bonds. The van der Waals surface area contributed by atoms with Gasteiger partial charge < -0.3 is 9.64 Å². The molecule has 9 heteroatoms. The number of nitrogens with zero attached hydrogens (tertiary/aromatic N) is 7. The first-order valence-electron chi connectivity index (χ1n) is 9.62. The van der Waals surface area contributed by atoms with Crippen molar-refractivity contribution in [3.8, 4) is 11.4 Å². The maximum Gasteiger partial charge on any atom is 0.179 e. The smallest absolute Gasteiger partial charge is 0.179 e. The van der Waals surface area contributed by atoms with E-state index in [4.69, 9.17) is 9.84 Å². The minimum atomic E-state index is -0.414. The van der Waals surface area contributed by atoms with E-state index in [0.717, 1.165) is 16.8 Å². The molecule has 0 unspecified atom stereocenters. The normalized spacial score (nSPS) is 11.1. The van der Waals surface area contributed by atoms with Crippen molar-refractivity contribution in [3.05, 3.63) is 59.7 Å². The van der Waals surface area contributed by atoms with Gasteiger partial charge in [-0.05, 0) is 39.0 Å². The van der Waals surface area contributed by atoms with E-state index >= 15 is 0 Å². The largest absolute Gasteiger partial charge is 0.494 e. The summed E-state index contributed by atoms with van der Waals surface area (Å²) in [4.78, 5) is 10.4. The molecular formula is C21H22FN7O. The van der Waals surface area contributed by atoms with E-state index in [2.05, 4.69) is 20.2 Å². The number of halogens is 1. The van der Waals surface area contributed by atoms with Crippen molar-refractivity contribution in [2.75, 3.05) is 18.6 Å². The lowest BCUT2D eigenvalue weighted by Crippen LogP contribution is -2.20. The predicted octanol–water partition coefficient (Wildman–Crippen LogP) is 3.40. The second-order valence-corrected chi connectivity index (χ2v) is 6.90. The monoisotopic (exact) mass is 407 g/mol. The number of benzene rings is 1. The lowest BCUT2D eigenvalue weighted by Gasteiger charge is -2.16. The summed E-state index contributed by atoms with van der Waals surface area (Å²) in [5, 5.41) is 14.2. The third-order valence-electron chi connectivity index (χ3n) is 4.80. The molecule has 3 heterocycles. The molecule has 8 nitrogen and oxygen atoms in total. The van der Waals surface area contributed by atoms with Gasteiger partial charge in [-0.2, -0.15) is 10.2 Å². The van der Waals surface area contributed by atoms with Crippen LogP contribution in [0.5, 0.6) is 5.75 Å². The number of aryl methyl sites for hydroxylation is 2. The molecule has 4 rings (SSSR count). The van der Waals surface area contributed by atoms with Gasteiger partial charge in [0.15, 0.2) is 11.6 Å². The van der Waals surface area contributed by atoms with Crippen LogP contribution in [0.4, 0.5) is 10.2 Å². The molecule has 0 N–H and O–H groups in total. The Hall–Kier alpha value is -3.62. The molecule has 0 aliphatic carbocycles. The number of hydrogen-bond donors (Lipinski definition) is 0. The van der Waals surface area contributed by atoms with Crippen molar-refractivity contribution in [1.82, 2.24) is 29.9 Å². The van der Waals surface area contributed by atoms with Gasteiger partial charge in [0.25, 0.3) is 0 Å². The summed E-state index contributed by atoms with van der Waals surface area (Å²) in [5.41, 5.74) is 2.50. The second kappa shape index (κ2) is 8.02. The number of rotatable bonds is 6. The van der Waals surface area contributed by atoms with Gasteiger partial charge in [-0.1, -0.05) is 0 Å². The number of aromatic nitrogens is 6. The van der Waals surface area contributed by atoms with Crippen LogP contribution in [-0.4, -0.2) is 43.6 Å². The quantitative estimate of drug-likeness (QED) is 0.484. The van der Waals surface area contributed by atoms with Gasteiger partial charge in [-0.3, -0.25) is 0 Å². The molecule has 0 aliphatic rings. The molecule has 1 aromatic carbocycles. The third-order valence-corrected chi connectivity index (χ3v) is 4.80. The van der Waals surface area contributed by atoms with Gasteiger partial charge in [0.1, 0.15) is 22.8 Å². The minimum Gasteiger partial charge on any atom is -0.494 e. The van der Waals surface area contributed by atoms with Crippen molar-refractivity contribution in [1.29, 1.82) is 0 Å². The van der Waals surface area contributed by atoms with Gasteiger partial charge in [-0.15, -0.1) is 5.10 Å². The third kappa shape index (κ3) is 3.54. The van der Waals surface area contributed by atoms with E-state index in [1.807, 2.05) is 32.7 Å². The van der Waals surface area contributed by atoms with Crippen LogP contribution in [0.1, 0.15) is 24.1 Å². The summed E-state index contributed by atoms with van der Waals surface area (Å²) < 4.78 is 21.8. The fraction of sp³-hybridized carbons (Fsp3) is 0.286. The summed E-state index contributed by atoms with van der Waals surface area (Å²) in [7, 11) is 1.88. The van der Waals surface area contributed by atoms with Gasteiger partial charge in [0.2, 0.25) is 0 Å². The van der Waals surface area contributed by atoms with Crippen LogP contribution in [0.3, 0.4) is 0 Å². The van der Waals surface area contributed by atoms with Crippen molar-refractivity contribution < 1.29 is 9.13 Å². The number of fused-ring (bicyclic) bond motifs is 1. The van der Waals surface area contributed by atoms with Crippen molar-refractivity contribution in [2.45, 2.75) is 27.3 Å². The molecule has 30 heavy (non-hydrogen) atoms. The highest BCUT2D eigenvalue weighted by atomic mass is 19.1. The lowest BCUT2D eigenvalue weighted by molar-refractivity contribution is 0.338. The Labute approximate surface area is 173 Å².